The number of esters is 1. The predicted molar refractivity (Wildman–Crippen MR) is 91.8 cm³/mol. The highest BCUT2D eigenvalue weighted by molar-refractivity contribution is 7.80. The Morgan fingerprint density at radius 1 is 1.32 bits per heavy atom. The second-order valence-electron chi connectivity index (χ2n) is 6.36. The first-order chi connectivity index (χ1) is 13.3. The van der Waals surface area contributed by atoms with E-state index in [4.69, 9.17) is 9.29 Å². The van der Waals surface area contributed by atoms with Gasteiger partial charge in [-0.25, -0.2) is 9.59 Å². The number of carbonyl (C=O) groups excluding carboxylic acids is 2. The molecule has 2 bridgehead atoms. The Labute approximate surface area is 160 Å². The molecule has 4 rings (SSSR count). The second-order valence-corrected chi connectivity index (χ2v) is 7.36. The fourth-order valence-corrected chi connectivity index (χ4v) is 3.87. The van der Waals surface area contributed by atoms with Crippen molar-refractivity contribution in [3.05, 3.63) is 53.3 Å². The lowest BCUT2D eigenvalue weighted by atomic mass is 9.98. The van der Waals surface area contributed by atoms with Crippen LogP contribution in [-0.2, 0) is 30.8 Å². The largest absolute Gasteiger partial charge is 0.467 e. The van der Waals surface area contributed by atoms with E-state index in [0.29, 0.717) is 17.2 Å². The van der Waals surface area contributed by atoms with Crippen molar-refractivity contribution in [2.45, 2.75) is 18.6 Å². The molecule has 2 amide bonds. The van der Waals surface area contributed by atoms with Gasteiger partial charge < -0.3 is 9.64 Å². The number of benzene rings is 1. The molecule has 3 heterocycles. The molecule has 0 saturated carbocycles. The summed E-state index contributed by atoms with van der Waals surface area (Å²) < 4.78 is 42.2. The Hall–Kier alpha value is -2.96. The van der Waals surface area contributed by atoms with Crippen LogP contribution in [0.3, 0.4) is 0 Å². The van der Waals surface area contributed by atoms with Gasteiger partial charge in [0.1, 0.15) is 11.7 Å². The average Bonchev–Trinajstić information content (AvgIpc) is 3.17. The molecule has 12 heteroatoms. The Kier molecular flexibility index (Phi) is 4.33. The summed E-state index contributed by atoms with van der Waals surface area (Å²) in [5.74, 6) is -0.716. The van der Waals surface area contributed by atoms with Crippen molar-refractivity contribution in [1.82, 2.24) is 19.7 Å². The zero-order valence-electron chi connectivity index (χ0n) is 14.6. The first-order valence-electron chi connectivity index (χ1n) is 8.24. The number of ether oxygens (including phenoxy) is 1. The molecule has 2 aliphatic rings. The summed E-state index contributed by atoms with van der Waals surface area (Å²) >= 11 is 0. The molecule has 2 unspecified atom stereocenters. The lowest BCUT2D eigenvalue weighted by molar-refractivity contribution is -0.146. The normalized spacial score (nSPS) is 21.0. The zero-order valence-corrected chi connectivity index (χ0v) is 15.4. The first kappa shape index (κ1) is 18.4. The molecule has 1 saturated heterocycles. The minimum Gasteiger partial charge on any atom is -0.467 e. The molecule has 2 atom stereocenters. The van der Waals surface area contributed by atoms with Crippen LogP contribution in [-0.4, -0.2) is 58.4 Å². The molecule has 1 aromatic heterocycles. The molecular weight excluding hydrogens is 392 g/mol. The summed E-state index contributed by atoms with van der Waals surface area (Å²) in [4.78, 5) is 26.0. The molecule has 1 N–H and O–H groups in total. The van der Waals surface area contributed by atoms with Crippen molar-refractivity contribution in [1.29, 1.82) is 0 Å². The molecule has 2 aliphatic heterocycles. The maximum Gasteiger partial charge on any atom is 0.418 e. The molecular formula is C16H16N4O7S. The van der Waals surface area contributed by atoms with Crippen LogP contribution >= 0.6 is 0 Å². The molecule has 1 fully saturated rings. The molecule has 2 aromatic rings. The van der Waals surface area contributed by atoms with Gasteiger partial charge in [-0.3, -0.25) is 9.23 Å². The number of hydrogen-bond donors (Lipinski definition) is 1. The van der Waals surface area contributed by atoms with Crippen molar-refractivity contribution in [3.8, 4) is 0 Å². The number of amides is 2. The Morgan fingerprint density at radius 2 is 2.04 bits per heavy atom. The molecule has 1 aromatic carbocycles. The van der Waals surface area contributed by atoms with Crippen molar-refractivity contribution >= 4 is 22.4 Å². The van der Waals surface area contributed by atoms with E-state index in [-0.39, 0.29) is 12.2 Å². The maximum atomic E-state index is 12.5. The van der Waals surface area contributed by atoms with Gasteiger partial charge in [0, 0.05) is 11.8 Å². The summed E-state index contributed by atoms with van der Waals surface area (Å²) in [7, 11) is -3.75. The highest BCUT2D eigenvalue weighted by Crippen LogP contribution is 2.44. The van der Waals surface area contributed by atoms with Crippen LogP contribution in [0.25, 0.3) is 0 Å². The van der Waals surface area contributed by atoms with Gasteiger partial charge in [0.15, 0.2) is 6.04 Å². The molecule has 28 heavy (non-hydrogen) atoms. The quantitative estimate of drug-likeness (QED) is 0.564. The van der Waals surface area contributed by atoms with Gasteiger partial charge in [-0.1, -0.05) is 30.3 Å². The molecule has 148 valence electrons. The lowest BCUT2D eigenvalue weighted by Crippen LogP contribution is -2.39. The van der Waals surface area contributed by atoms with Gasteiger partial charge in [0.05, 0.1) is 20.2 Å². The van der Waals surface area contributed by atoms with Crippen molar-refractivity contribution in [3.63, 3.8) is 0 Å². The minimum atomic E-state index is -4.93. The molecule has 0 radical (unpaired) electrons. The SMILES string of the molecule is COC(=O)C1c2nn(Cc3ccccc3)cc2C2CN1C(=O)N2OS(=O)(=O)O. The van der Waals surface area contributed by atoms with E-state index in [9.17, 15) is 18.0 Å². The number of nitrogens with zero attached hydrogens (tertiary/aromatic N) is 4. The number of aromatic nitrogens is 2. The van der Waals surface area contributed by atoms with E-state index >= 15 is 0 Å². The number of hydroxylamine groups is 2. The van der Waals surface area contributed by atoms with Crippen molar-refractivity contribution in [2.75, 3.05) is 13.7 Å². The molecule has 11 nitrogen and oxygen atoms in total. The van der Waals surface area contributed by atoms with E-state index in [1.165, 1.54) is 7.11 Å². The third-order valence-electron chi connectivity index (χ3n) is 4.62. The van der Waals surface area contributed by atoms with Crippen molar-refractivity contribution in [2.24, 2.45) is 0 Å². The predicted octanol–water partition coefficient (Wildman–Crippen LogP) is 0.672. The number of urea groups is 1. The standard InChI is InChI=1S/C16H16N4O7S/c1-26-15(21)14-13-11(8-18(17-13)7-10-5-3-2-4-6-10)12-9-19(14)16(22)20(12)27-28(23,24)25/h2-6,8,12,14H,7,9H2,1H3,(H,23,24,25). The number of methoxy groups -OCH3 is 1. The first-order valence-corrected chi connectivity index (χ1v) is 9.61. The summed E-state index contributed by atoms with van der Waals surface area (Å²) in [6.07, 6.45) is 1.62. The summed E-state index contributed by atoms with van der Waals surface area (Å²) in [6.45, 7) is 0.389. The van der Waals surface area contributed by atoms with E-state index in [1.54, 1.807) is 10.9 Å². The third kappa shape index (κ3) is 3.10. The van der Waals surface area contributed by atoms with Crippen LogP contribution < -0.4 is 0 Å². The summed E-state index contributed by atoms with van der Waals surface area (Å²) in [5, 5.41) is 4.96. The highest BCUT2D eigenvalue weighted by atomic mass is 32.3. The molecule has 0 aliphatic carbocycles. The highest BCUT2D eigenvalue weighted by Gasteiger charge is 2.54. The van der Waals surface area contributed by atoms with Gasteiger partial charge in [0.2, 0.25) is 0 Å². The Bertz CT molecular complexity index is 1040. The maximum absolute atomic E-state index is 12.5. The van der Waals surface area contributed by atoms with Gasteiger partial charge in [-0.2, -0.15) is 18.6 Å². The van der Waals surface area contributed by atoms with Crippen molar-refractivity contribution < 1.29 is 31.6 Å². The van der Waals surface area contributed by atoms with E-state index in [2.05, 4.69) is 9.38 Å². The third-order valence-corrected chi connectivity index (χ3v) is 4.97. The number of fused-ring (bicyclic) bond motifs is 4. The summed E-state index contributed by atoms with van der Waals surface area (Å²) in [6, 6.07) is 6.58. The van der Waals surface area contributed by atoms with Gasteiger partial charge in [0.25, 0.3) is 0 Å². The number of carbonyl (C=O) groups is 2. The van der Waals surface area contributed by atoms with E-state index < -0.39 is 34.5 Å². The van der Waals surface area contributed by atoms with Crippen LogP contribution in [0.15, 0.2) is 36.5 Å². The molecule has 0 spiro atoms. The Morgan fingerprint density at radius 3 is 2.68 bits per heavy atom. The minimum absolute atomic E-state index is 0.0157. The van der Waals surface area contributed by atoms with E-state index in [0.717, 1.165) is 10.5 Å². The zero-order chi connectivity index (χ0) is 20.1. The van der Waals surface area contributed by atoms with Crippen LogP contribution in [0.4, 0.5) is 4.79 Å². The van der Waals surface area contributed by atoms with Crippen LogP contribution in [0.1, 0.15) is 28.9 Å². The van der Waals surface area contributed by atoms with Gasteiger partial charge in [-0.05, 0) is 5.56 Å². The Balaban J connectivity index is 1.75. The topological polar surface area (TPSA) is 131 Å². The number of rotatable bonds is 5. The van der Waals surface area contributed by atoms with Crippen LogP contribution in [0.2, 0.25) is 0 Å². The average molecular weight is 408 g/mol. The lowest BCUT2D eigenvalue weighted by Gasteiger charge is -2.27. The smallest absolute Gasteiger partial charge is 0.418 e. The van der Waals surface area contributed by atoms with E-state index in [1.807, 2.05) is 30.3 Å². The monoisotopic (exact) mass is 408 g/mol. The van der Waals surface area contributed by atoms with Crippen LogP contribution in [0.5, 0.6) is 0 Å². The summed E-state index contributed by atoms with van der Waals surface area (Å²) in [5.41, 5.74) is 1.68. The second kappa shape index (κ2) is 6.58. The fourth-order valence-electron chi connectivity index (χ4n) is 3.49. The van der Waals surface area contributed by atoms with Gasteiger partial charge in [-0.15, -0.1) is 4.28 Å². The van der Waals surface area contributed by atoms with Gasteiger partial charge >= 0.3 is 22.4 Å². The fraction of sp³-hybridized carbons (Fsp3) is 0.312. The number of hydrogen-bond acceptors (Lipinski definition) is 7. The van der Waals surface area contributed by atoms with Crippen LogP contribution in [0, 0.1) is 0 Å².